The van der Waals surface area contributed by atoms with Gasteiger partial charge in [-0.25, -0.2) is 5.01 Å². The predicted molar refractivity (Wildman–Crippen MR) is 137 cm³/mol. The van der Waals surface area contributed by atoms with Gasteiger partial charge in [-0.05, 0) is 73.2 Å². The van der Waals surface area contributed by atoms with Gasteiger partial charge in [-0.2, -0.15) is 0 Å². The third kappa shape index (κ3) is 5.30. The summed E-state index contributed by atoms with van der Waals surface area (Å²) in [5, 5.41) is 4.09. The number of rotatable bonds is 6. The Morgan fingerprint density at radius 2 is 1.71 bits per heavy atom. The van der Waals surface area contributed by atoms with Crippen molar-refractivity contribution in [1.29, 1.82) is 0 Å². The van der Waals surface area contributed by atoms with Crippen LogP contribution in [0.2, 0.25) is 0 Å². The molecule has 1 fully saturated rings. The molecule has 1 aliphatic rings. The van der Waals surface area contributed by atoms with Gasteiger partial charge in [0.1, 0.15) is 11.8 Å². The first kappa shape index (κ1) is 23.9. The number of ether oxygens (including phenoxy) is 1. The van der Waals surface area contributed by atoms with Crippen molar-refractivity contribution in [3.8, 4) is 5.75 Å². The molecule has 178 valence electrons. The lowest BCUT2D eigenvalue weighted by Gasteiger charge is -2.41. The summed E-state index contributed by atoms with van der Waals surface area (Å²) in [5.74, 6) is -0.664. The highest BCUT2D eigenvalue weighted by molar-refractivity contribution is 7.80. The maximum absolute atomic E-state index is 13.3. The first-order valence-corrected chi connectivity index (χ1v) is 11.3. The van der Waals surface area contributed by atoms with Crippen molar-refractivity contribution < 1.29 is 19.1 Å². The number of nitrogens with zero attached hydrogens (tertiary/aromatic N) is 2. The largest absolute Gasteiger partial charge is 0.497 e. The van der Waals surface area contributed by atoms with Gasteiger partial charge in [0.25, 0.3) is 5.91 Å². The van der Waals surface area contributed by atoms with Gasteiger partial charge in [0.2, 0.25) is 16.9 Å². The number of hydrazine groups is 1. The molecule has 3 amide bonds. The van der Waals surface area contributed by atoms with Gasteiger partial charge in [0, 0.05) is 11.3 Å². The smallest absolute Gasteiger partial charge is 0.269 e. The summed E-state index contributed by atoms with van der Waals surface area (Å²) in [7, 11) is 1.55. The third-order valence-electron chi connectivity index (χ3n) is 5.50. The number of thiocarbonyl (C=S) groups is 1. The summed E-state index contributed by atoms with van der Waals surface area (Å²) in [4.78, 5) is 40.7. The summed E-state index contributed by atoms with van der Waals surface area (Å²) in [6, 6.07) is 21.6. The van der Waals surface area contributed by atoms with Crippen molar-refractivity contribution in [2.75, 3.05) is 17.3 Å². The van der Waals surface area contributed by atoms with E-state index in [-0.39, 0.29) is 17.4 Å². The Labute approximate surface area is 208 Å². The van der Waals surface area contributed by atoms with E-state index in [4.69, 9.17) is 17.0 Å². The van der Waals surface area contributed by atoms with E-state index in [2.05, 4.69) is 10.7 Å². The van der Waals surface area contributed by atoms with Crippen LogP contribution in [0.15, 0.2) is 78.9 Å². The summed E-state index contributed by atoms with van der Waals surface area (Å²) >= 11 is 5.62. The normalized spacial score (nSPS) is 15.5. The van der Waals surface area contributed by atoms with Crippen LogP contribution in [0.3, 0.4) is 0 Å². The van der Waals surface area contributed by atoms with Gasteiger partial charge < -0.3 is 10.1 Å². The number of nitrogens with one attached hydrogen (secondary N) is 2. The van der Waals surface area contributed by atoms with Crippen LogP contribution in [-0.2, 0) is 9.59 Å². The number of amides is 3. The van der Waals surface area contributed by atoms with E-state index in [0.29, 0.717) is 22.7 Å². The minimum Gasteiger partial charge on any atom is -0.497 e. The van der Waals surface area contributed by atoms with Crippen LogP contribution in [0.1, 0.15) is 22.3 Å². The summed E-state index contributed by atoms with van der Waals surface area (Å²) in [6.45, 7) is 1.91. The lowest BCUT2D eigenvalue weighted by molar-refractivity contribution is -0.127. The molecule has 8 nitrogen and oxygen atoms in total. The number of hydrogen-bond donors (Lipinski definition) is 2. The van der Waals surface area contributed by atoms with Crippen molar-refractivity contribution in [2.24, 2.45) is 0 Å². The van der Waals surface area contributed by atoms with Gasteiger partial charge >= 0.3 is 0 Å². The molecule has 1 saturated heterocycles. The molecule has 1 unspecified atom stereocenters. The van der Waals surface area contributed by atoms with E-state index in [0.717, 1.165) is 5.56 Å². The summed E-state index contributed by atoms with van der Waals surface area (Å²) in [6.07, 6.45) is -0.196. The molecule has 0 radical (unpaired) electrons. The highest BCUT2D eigenvalue weighted by atomic mass is 32.1. The molecule has 3 aromatic carbocycles. The first-order chi connectivity index (χ1) is 16.9. The van der Waals surface area contributed by atoms with Gasteiger partial charge in [-0.1, -0.05) is 30.3 Å². The number of methoxy groups -OCH3 is 1. The number of aryl methyl sites for hydroxylation is 1. The van der Waals surface area contributed by atoms with E-state index in [1.807, 2.05) is 25.1 Å². The predicted octanol–water partition coefficient (Wildman–Crippen LogP) is 3.68. The highest BCUT2D eigenvalue weighted by Gasteiger charge is 2.42. The van der Waals surface area contributed by atoms with Gasteiger partial charge in [0.05, 0.1) is 19.2 Å². The minimum absolute atomic E-state index is 0.0138. The Balaban J connectivity index is 1.65. The number of carbonyl (C=O) groups excluding carboxylic acids is 3. The molecule has 1 heterocycles. The zero-order chi connectivity index (χ0) is 24.9. The molecule has 0 spiro atoms. The molecule has 0 aliphatic carbocycles. The standard InChI is InChI=1S/C26H24N4O4S/c1-17-7-6-10-19(15-17)27-25(33)22-16-23(31)29(20-11-13-21(34-2)14-12-20)26(35)30(22)28-24(32)18-8-4-3-5-9-18/h3-15,22H,16H2,1-2H3,(H,27,33)(H,28,32). The zero-order valence-corrected chi connectivity index (χ0v) is 20.0. The van der Waals surface area contributed by atoms with E-state index in [9.17, 15) is 14.4 Å². The van der Waals surface area contributed by atoms with E-state index < -0.39 is 17.9 Å². The maximum atomic E-state index is 13.3. The van der Waals surface area contributed by atoms with Crippen LogP contribution < -0.4 is 20.4 Å². The lowest BCUT2D eigenvalue weighted by Crippen LogP contribution is -2.65. The van der Waals surface area contributed by atoms with Gasteiger partial charge in [-0.15, -0.1) is 0 Å². The van der Waals surface area contributed by atoms with E-state index in [1.165, 1.54) is 9.91 Å². The SMILES string of the molecule is COc1ccc(N2C(=O)CC(C(=O)Nc3cccc(C)c3)N(NC(=O)c3ccccc3)C2=S)cc1. The zero-order valence-electron chi connectivity index (χ0n) is 19.2. The van der Waals surface area contributed by atoms with Gasteiger partial charge in [0.15, 0.2) is 0 Å². The number of anilines is 2. The molecule has 3 aromatic rings. The maximum Gasteiger partial charge on any atom is 0.269 e. The number of carbonyl (C=O) groups is 3. The Morgan fingerprint density at radius 3 is 2.37 bits per heavy atom. The molecule has 9 heteroatoms. The van der Waals surface area contributed by atoms with Crippen LogP contribution in [0.5, 0.6) is 5.75 Å². The molecule has 1 atom stereocenters. The fourth-order valence-electron chi connectivity index (χ4n) is 3.73. The Morgan fingerprint density at radius 1 is 1.00 bits per heavy atom. The third-order valence-corrected chi connectivity index (χ3v) is 5.88. The Hall–Kier alpha value is -4.24. The van der Waals surface area contributed by atoms with Crippen molar-refractivity contribution in [1.82, 2.24) is 10.4 Å². The van der Waals surface area contributed by atoms with Crippen molar-refractivity contribution >= 4 is 46.4 Å². The van der Waals surface area contributed by atoms with Crippen molar-refractivity contribution in [3.05, 3.63) is 90.0 Å². The van der Waals surface area contributed by atoms with E-state index >= 15 is 0 Å². The fraction of sp³-hybridized carbons (Fsp3) is 0.154. The molecule has 1 aliphatic heterocycles. The second-order valence-electron chi connectivity index (χ2n) is 7.97. The lowest BCUT2D eigenvalue weighted by atomic mass is 10.1. The van der Waals surface area contributed by atoms with Crippen molar-refractivity contribution in [3.63, 3.8) is 0 Å². The van der Waals surface area contributed by atoms with Crippen LogP contribution in [-0.4, -0.2) is 41.0 Å². The molecular formula is C26H24N4O4S. The quantitative estimate of drug-likeness (QED) is 0.515. The van der Waals surface area contributed by atoms with E-state index in [1.54, 1.807) is 67.8 Å². The number of hydrogen-bond acceptors (Lipinski definition) is 5. The molecule has 0 saturated carbocycles. The molecule has 35 heavy (non-hydrogen) atoms. The van der Waals surface area contributed by atoms with Crippen molar-refractivity contribution in [2.45, 2.75) is 19.4 Å². The molecule has 0 aromatic heterocycles. The van der Waals surface area contributed by atoms with Crippen LogP contribution in [0, 0.1) is 6.92 Å². The molecule has 0 bridgehead atoms. The highest BCUT2D eigenvalue weighted by Crippen LogP contribution is 2.26. The van der Waals surface area contributed by atoms with Crippen LogP contribution >= 0.6 is 12.2 Å². The minimum atomic E-state index is -1.04. The monoisotopic (exact) mass is 488 g/mol. The number of benzene rings is 3. The summed E-state index contributed by atoms with van der Waals surface area (Å²) < 4.78 is 5.19. The molecule has 2 N–H and O–H groups in total. The molecule has 4 rings (SSSR count). The average molecular weight is 489 g/mol. The average Bonchev–Trinajstić information content (AvgIpc) is 2.86. The second kappa shape index (κ2) is 10.4. The van der Waals surface area contributed by atoms with Crippen LogP contribution in [0.4, 0.5) is 11.4 Å². The van der Waals surface area contributed by atoms with Crippen LogP contribution in [0.25, 0.3) is 0 Å². The fourth-order valence-corrected chi connectivity index (χ4v) is 4.11. The Bertz CT molecular complexity index is 1260. The second-order valence-corrected chi connectivity index (χ2v) is 8.33. The first-order valence-electron chi connectivity index (χ1n) is 10.9. The van der Waals surface area contributed by atoms with Gasteiger partial charge in [-0.3, -0.25) is 24.7 Å². The topological polar surface area (TPSA) is 91.0 Å². The Kier molecular flexibility index (Phi) is 7.07. The molecular weight excluding hydrogens is 464 g/mol. The summed E-state index contributed by atoms with van der Waals surface area (Å²) in [5.41, 5.74) is 5.17.